The van der Waals surface area contributed by atoms with E-state index in [9.17, 15) is 8.42 Å². The van der Waals surface area contributed by atoms with Crippen LogP contribution in [0.4, 0.5) is 5.95 Å². The molecule has 2 N–H and O–H groups in total. The molecule has 3 aromatic heterocycles. The third-order valence-electron chi connectivity index (χ3n) is 2.66. The molecule has 9 nitrogen and oxygen atoms in total. The normalized spacial score (nSPS) is 11.9. The van der Waals surface area contributed by atoms with E-state index in [1.54, 1.807) is 6.07 Å². The molecule has 0 fully saturated rings. The summed E-state index contributed by atoms with van der Waals surface area (Å²) in [7, 11) is -3.58. The molecule has 21 heavy (non-hydrogen) atoms. The van der Waals surface area contributed by atoms with Crippen molar-refractivity contribution >= 4 is 21.6 Å². The summed E-state index contributed by atoms with van der Waals surface area (Å²) in [5.74, 6) is 0.249. The van der Waals surface area contributed by atoms with E-state index < -0.39 is 9.84 Å². The second kappa shape index (κ2) is 4.45. The Balaban J connectivity index is 2.23. The standard InChI is InChI=1S/C11H11N7O2S/c1-6-4-3-5-7(13-6)8-14-10-16-11(21(2,19)20)15-9(12)18(10)17-8/h3-5H,1-2H3,(H2,12,14,15,16,17). The van der Waals surface area contributed by atoms with Gasteiger partial charge in [0.2, 0.25) is 21.6 Å². The smallest absolute Gasteiger partial charge is 0.258 e. The molecular formula is C11H11N7O2S. The van der Waals surface area contributed by atoms with Crippen LogP contribution in [0.15, 0.2) is 23.4 Å². The third-order valence-corrected chi connectivity index (χ3v) is 3.51. The summed E-state index contributed by atoms with van der Waals surface area (Å²) in [6, 6.07) is 5.40. The molecular weight excluding hydrogens is 294 g/mol. The second-order valence-electron chi connectivity index (χ2n) is 4.45. The number of rotatable bonds is 2. The van der Waals surface area contributed by atoms with Crippen molar-refractivity contribution in [2.24, 2.45) is 0 Å². The number of fused-ring (bicyclic) bond motifs is 1. The first-order valence-corrected chi connectivity index (χ1v) is 7.78. The molecule has 0 aromatic carbocycles. The number of anilines is 1. The molecule has 10 heteroatoms. The summed E-state index contributed by atoms with van der Waals surface area (Å²) in [5, 5.41) is 3.76. The number of hydrogen-bond acceptors (Lipinski definition) is 8. The fourth-order valence-corrected chi connectivity index (χ4v) is 2.23. The molecule has 0 spiro atoms. The lowest BCUT2D eigenvalue weighted by Gasteiger charge is -1.99. The lowest BCUT2D eigenvalue weighted by Crippen LogP contribution is -2.11. The van der Waals surface area contributed by atoms with Crippen molar-refractivity contribution in [1.82, 2.24) is 29.5 Å². The number of hydrogen-bond donors (Lipinski definition) is 1. The van der Waals surface area contributed by atoms with Crippen molar-refractivity contribution in [3.05, 3.63) is 23.9 Å². The van der Waals surface area contributed by atoms with Crippen LogP contribution in [0, 0.1) is 6.92 Å². The highest BCUT2D eigenvalue weighted by Gasteiger charge is 2.18. The van der Waals surface area contributed by atoms with Crippen LogP contribution in [0.1, 0.15) is 5.69 Å². The first-order chi connectivity index (χ1) is 9.84. The van der Waals surface area contributed by atoms with E-state index in [2.05, 4.69) is 25.0 Å². The Hall–Kier alpha value is -2.62. The summed E-state index contributed by atoms with van der Waals surface area (Å²) in [4.78, 5) is 16.0. The van der Waals surface area contributed by atoms with E-state index in [1.165, 1.54) is 4.52 Å². The quantitative estimate of drug-likeness (QED) is 0.693. The van der Waals surface area contributed by atoms with E-state index in [0.717, 1.165) is 11.9 Å². The first-order valence-electron chi connectivity index (χ1n) is 5.89. The molecule has 108 valence electrons. The van der Waals surface area contributed by atoms with Crippen molar-refractivity contribution in [3.8, 4) is 11.5 Å². The monoisotopic (exact) mass is 305 g/mol. The van der Waals surface area contributed by atoms with Crippen LogP contribution in [-0.4, -0.2) is 44.2 Å². The molecule has 3 rings (SSSR count). The highest BCUT2D eigenvalue weighted by Crippen LogP contribution is 2.15. The van der Waals surface area contributed by atoms with Crippen molar-refractivity contribution in [2.45, 2.75) is 12.1 Å². The molecule has 3 heterocycles. The van der Waals surface area contributed by atoms with E-state index in [-0.39, 0.29) is 16.9 Å². The maximum Gasteiger partial charge on any atom is 0.258 e. The second-order valence-corrected chi connectivity index (χ2v) is 6.36. The van der Waals surface area contributed by atoms with Gasteiger partial charge in [-0.05, 0) is 19.1 Å². The van der Waals surface area contributed by atoms with Gasteiger partial charge in [0.1, 0.15) is 5.69 Å². The van der Waals surface area contributed by atoms with Gasteiger partial charge in [0, 0.05) is 11.9 Å². The first kappa shape index (κ1) is 13.4. The van der Waals surface area contributed by atoms with Crippen molar-refractivity contribution in [1.29, 1.82) is 0 Å². The van der Waals surface area contributed by atoms with Crippen LogP contribution in [0.2, 0.25) is 0 Å². The zero-order valence-electron chi connectivity index (χ0n) is 11.2. The molecule has 0 aliphatic heterocycles. The van der Waals surface area contributed by atoms with Gasteiger partial charge in [-0.25, -0.2) is 13.4 Å². The Labute approximate surface area is 119 Å². The predicted octanol–water partition coefficient (Wildman–Crippen LogP) is -0.125. The number of aromatic nitrogens is 6. The van der Waals surface area contributed by atoms with Crippen molar-refractivity contribution in [3.63, 3.8) is 0 Å². The van der Waals surface area contributed by atoms with Gasteiger partial charge >= 0.3 is 0 Å². The van der Waals surface area contributed by atoms with Crippen LogP contribution in [0.25, 0.3) is 17.3 Å². The van der Waals surface area contributed by atoms with Gasteiger partial charge in [-0.2, -0.15) is 19.5 Å². The van der Waals surface area contributed by atoms with Gasteiger partial charge in [0.15, 0.2) is 0 Å². The van der Waals surface area contributed by atoms with Crippen LogP contribution in [0.3, 0.4) is 0 Å². The van der Waals surface area contributed by atoms with E-state index >= 15 is 0 Å². The van der Waals surface area contributed by atoms with Crippen molar-refractivity contribution in [2.75, 3.05) is 12.0 Å². The third kappa shape index (κ3) is 2.40. The Bertz CT molecular complexity index is 948. The Kier molecular flexibility index (Phi) is 2.83. The lowest BCUT2D eigenvalue weighted by atomic mass is 10.3. The highest BCUT2D eigenvalue weighted by molar-refractivity contribution is 7.90. The lowest BCUT2D eigenvalue weighted by molar-refractivity contribution is 0.592. The summed E-state index contributed by atoms with van der Waals surface area (Å²) in [6.45, 7) is 1.84. The Morgan fingerprint density at radius 1 is 1.14 bits per heavy atom. The number of nitrogens with zero attached hydrogens (tertiary/aromatic N) is 6. The molecule has 0 unspecified atom stereocenters. The molecule has 0 bridgehead atoms. The van der Waals surface area contributed by atoms with Gasteiger partial charge in [0.05, 0.1) is 0 Å². The summed E-state index contributed by atoms with van der Waals surface area (Å²) < 4.78 is 24.2. The zero-order valence-corrected chi connectivity index (χ0v) is 12.0. The maximum atomic E-state index is 11.5. The number of pyridine rings is 1. The minimum Gasteiger partial charge on any atom is -0.368 e. The highest BCUT2D eigenvalue weighted by atomic mass is 32.2. The summed E-state index contributed by atoms with van der Waals surface area (Å²) >= 11 is 0. The average Bonchev–Trinajstić information content (AvgIpc) is 2.82. The number of nitrogen functional groups attached to an aromatic ring is 1. The van der Waals surface area contributed by atoms with Crippen LogP contribution < -0.4 is 5.73 Å². The minimum atomic E-state index is -3.58. The van der Waals surface area contributed by atoms with Gasteiger partial charge in [-0.1, -0.05) is 6.07 Å². The van der Waals surface area contributed by atoms with Gasteiger partial charge in [-0.3, -0.25) is 0 Å². The number of aryl methyl sites for hydroxylation is 1. The SMILES string of the molecule is Cc1cccc(-c2nc3nc(S(C)(=O)=O)nc(N)n3n2)n1. The number of sulfone groups is 1. The molecule has 0 aliphatic carbocycles. The van der Waals surface area contributed by atoms with Gasteiger partial charge < -0.3 is 5.73 Å². The number of nitrogens with two attached hydrogens (primary N) is 1. The largest absolute Gasteiger partial charge is 0.368 e. The van der Waals surface area contributed by atoms with E-state index in [0.29, 0.717) is 11.5 Å². The minimum absolute atomic E-state index is 0.0567. The fourth-order valence-electron chi connectivity index (χ4n) is 1.73. The zero-order chi connectivity index (χ0) is 15.2. The Morgan fingerprint density at radius 2 is 1.90 bits per heavy atom. The summed E-state index contributed by atoms with van der Waals surface area (Å²) in [5.41, 5.74) is 7.05. The van der Waals surface area contributed by atoms with E-state index in [4.69, 9.17) is 5.73 Å². The average molecular weight is 305 g/mol. The van der Waals surface area contributed by atoms with Gasteiger partial charge in [-0.15, -0.1) is 5.10 Å². The molecule has 0 saturated heterocycles. The van der Waals surface area contributed by atoms with E-state index in [1.807, 2.05) is 19.1 Å². The van der Waals surface area contributed by atoms with Crippen LogP contribution in [0.5, 0.6) is 0 Å². The van der Waals surface area contributed by atoms with Gasteiger partial charge in [0.25, 0.3) is 10.9 Å². The van der Waals surface area contributed by atoms with Crippen LogP contribution in [-0.2, 0) is 9.84 Å². The van der Waals surface area contributed by atoms with Crippen molar-refractivity contribution < 1.29 is 8.42 Å². The predicted molar refractivity (Wildman–Crippen MR) is 74.1 cm³/mol. The molecule has 0 aliphatic rings. The summed E-state index contributed by atoms with van der Waals surface area (Å²) in [6.07, 6.45) is 0.998. The molecule has 3 aromatic rings. The molecule has 0 radical (unpaired) electrons. The topological polar surface area (TPSA) is 129 Å². The fraction of sp³-hybridized carbons (Fsp3) is 0.182. The van der Waals surface area contributed by atoms with Crippen LogP contribution >= 0.6 is 0 Å². The molecule has 0 atom stereocenters. The molecule has 0 amide bonds. The molecule has 0 saturated carbocycles. The Morgan fingerprint density at radius 3 is 2.57 bits per heavy atom. The maximum absolute atomic E-state index is 11.5.